The van der Waals surface area contributed by atoms with Crippen LogP contribution in [-0.2, 0) is 43.4 Å². The Hall–Kier alpha value is -2.52. The molecule has 2 aromatic rings. The fraction of sp³-hybridized carbons (Fsp3) is 0.722. The zero-order valence-corrected chi connectivity index (χ0v) is 17.8. The molecule has 0 saturated heterocycles. The number of hydrogen-bond donors (Lipinski definition) is 0. The molecule has 0 atom stereocenters. The van der Waals surface area contributed by atoms with E-state index in [1.165, 1.54) is 17.0 Å². The quantitative estimate of drug-likeness (QED) is 0.157. The molecule has 0 radical (unpaired) electrons. The molecule has 0 spiro atoms. The summed E-state index contributed by atoms with van der Waals surface area (Å²) in [6.45, 7) is 3.95. The van der Waals surface area contributed by atoms with Crippen LogP contribution in [0.2, 0.25) is 0 Å². The van der Waals surface area contributed by atoms with Crippen molar-refractivity contribution in [2.24, 2.45) is 0 Å². The summed E-state index contributed by atoms with van der Waals surface area (Å²) in [6.07, 6.45) is 4.70. The Balaban J connectivity index is 1.42. The SMILES string of the molecule is O=[N+]([O-])c1nccn1CCOCCOCCn1cc(COCCOCCOCCF)nn1. The van der Waals surface area contributed by atoms with Crippen LogP contribution in [-0.4, -0.2) is 95.6 Å². The first-order chi connectivity index (χ1) is 15.7. The third kappa shape index (κ3) is 10.7. The minimum absolute atomic E-state index is 0.0930. The Morgan fingerprint density at radius 1 is 0.906 bits per heavy atom. The third-order valence-corrected chi connectivity index (χ3v) is 3.97. The Bertz CT molecular complexity index is 760. The van der Waals surface area contributed by atoms with Crippen molar-refractivity contribution >= 4 is 5.95 Å². The number of ether oxygens (including phenoxy) is 5. The molecular formula is C18H29FN6O7. The lowest BCUT2D eigenvalue weighted by Gasteiger charge is -2.06. The average Bonchev–Trinajstić information content (AvgIpc) is 3.44. The monoisotopic (exact) mass is 460 g/mol. The molecule has 0 bridgehead atoms. The predicted octanol–water partition coefficient (Wildman–Crippen LogP) is 0.636. The highest BCUT2D eigenvalue weighted by Gasteiger charge is 2.13. The molecule has 0 fully saturated rings. The van der Waals surface area contributed by atoms with E-state index in [1.807, 2.05) is 0 Å². The highest BCUT2D eigenvalue weighted by molar-refractivity contribution is 5.06. The van der Waals surface area contributed by atoms with E-state index < -0.39 is 11.6 Å². The van der Waals surface area contributed by atoms with E-state index in [0.717, 1.165) is 0 Å². The van der Waals surface area contributed by atoms with E-state index in [-0.39, 0.29) is 12.6 Å². The molecule has 2 heterocycles. The zero-order chi connectivity index (χ0) is 22.9. The van der Waals surface area contributed by atoms with Gasteiger partial charge < -0.3 is 33.8 Å². The number of nitro groups is 1. The first-order valence-corrected chi connectivity index (χ1v) is 10.2. The van der Waals surface area contributed by atoms with Gasteiger partial charge in [0.15, 0.2) is 0 Å². The highest BCUT2D eigenvalue weighted by Crippen LogP contribution is 2.06. The van der Waals surface area contributed by atoms with E-state index in [2.05, 4.69) is 15.3 Å². The maximum atomic E-state index is 11.8. The van der Waals surface area contributed by atoms with E-state index in [0.29, 0.717) is 78.2 Å². The molecule has 0 N–H and O–H groups in total. The average molecular weight is 460 g/mol. The Labute approximate surface area is 184 Å². The second kappa shape index (κ2) is 16.2. The summed E-state index contributed by atoms with van der Waals surface area (Å²) in [5, 5.41) is 18.8. The molecule has 0 saturated carbocycles. The second-order valence-electron chi connectivity index (χ2n) is 6.34. The minimum Gasteiger partial charge on any atom is -0.390 e. The molecule has 0 aliphatic carbocycles. The largest absolute Gasteiger partial charge is 0.434 e. The lowest BCUT2D eigenvalue weighted by Crippen LogP contribution is -2.13. The van der Waals surface area contributed by atoms with Crippen molar-refractivity contribution in [2.75, 3.05) is 66.1 Å². The van der Waals surface area contributed by atoms with E-state index in [1.54, 1.807) is 10.9 Å². The summed E-state index contributed by atoms with van der Waals surface area (Å²) >= 11 is 0. The standard InChI is InChI=1S/C18H29FN6O7/c19-1-6-28-9-12-31-13-14-32-16-17-15-24(22-21-17)5-8-30-11-10-29-7-4-23-3-2-20-18(23)25(26)27/h2-3,15H,1,4-14,16H2. The Kier molecular flexibility index (Phi) is 13.0. The number of imidazole rings is 1. The van der Waals surface area contributed by atoms with Crippen molar-refractivity contribution in [1.29, 1.82) is 0 Å². The van der Waals surface area contributed by atoms with Crippen molar-refractivity contribution < 1.29 is 33.0 Å². The maximum absolute atomic E-state index is 11.8. The van der Waals surface area contributed by atoms with Crippen molar-refractivity contribution in [3.63, 3.8) is 0 Å². The summed E-state index contributed by atoms with van der Waals surface area (Å²) in [7, 11) is 0. The van der Waals surface area contributed by atoms with Crippen LogP contribution in [0, 0.1) is 10.1 Å². The van der Waals surface area contributed by atoms with Gasteiger partial charge in [-0.05, 0) is 4.92 Å². The lowest BCUT2D eigenvalue weighted by molar-refractivity contribution is -0.396. The summed E-state index contributed by atoms with van der Waals surface area (Å²) in [4.78, 5) is 13.9. The molecule has 13 nitrogen and oxygen atoms in total. The Morgan fingerprint density at radius 2 is 1.53 bits per heavy atom. The minimum atomic E-state index is -0.532. The molecule has 2 aromatic heterocycles. The molecule has 2 rings (SSSR count). The fourth-order valence-corrected chi connectivity index (χ4v) is 2.48. The number of aromatic nitrogens is 5. The smallest absolute Gasteiger partial charge is 0.390 e. The van der Waals surface area contributed by atoms with Crippen molar-refractivity contribution in [3.8, 4) is 0 Å². The molecule has 0 aromatic carbocycles. The first-order valence-electron chi connectivity index (χ1n) is 10.2. The number of alkyl halides is 1. The molecule has 32 heavy (non-hydrogen) atoms. The molecular weight excluding hydrogens is 431 g/mol. The van der Waals surface area contributed by atoms with Gasteiger partial charge in [0.25, 0.3) is 0 Å². The molecule has 14 heteroatoms. The molecule has 180 valence electrons. The lowest BCUT2D eigenvalue weighted by atomic mass is 10.5. The number of nitrogens with zero attached hydrogens (tertiary/aromatic N) is 6. The maximum Gasteiger partial charge on any atom is 0.434 e. The van der Waals surface area contributed by atoms with Crippen LogP contribution in [0.3, 0.4) is 0 Å². The van der Waals surface area contributed by atoms with Crippen molar-refractivity contribution in [1.82, 2.24) is 24.5 Å². The van der Waals surface area contributed by atoms with E-state index in [9.17, 15) is 14.5 Å². The molecule has 0 aliphatic rings. The van der Waals surface area contributed by atoms with Crippen molar-refractivity contribution in [2.45, 2.75) is 19.7 Å². The summed E-state index contributed by atoms with van der Waals surface area (Å²) in [5.41, 5.74) is 0.702. The van der Waals surface area contributed by atoms with Crippen LogP contribution < -0.4 is 0 Å². The summed E-state index contributed by atoms with van der Waals surface area (Å²) < 4.78 is 41.5. The van der Waals surface area contributed by atoms with Crippen LogP contribution in [0.25, 0.3) is 0 Å². The van der Waals surface area contributed by atoms with Gasteiger partial charge in [0.1, 0.15) is 24.8 Å². The predicted molar refractivity (Wildman–Crippen MR) is 108 cm³/mol. The summed E-state index contributed by atoms with van der Waals surface area (Å²) in [6, 6.07) is 0. The van der Waals surface area contributed by atoms with E-state index in [4.69, 9.17) is 23.7 Å². The van der Waals surface area contributed by atoms with Gasteiger partial charge >= 0.3 is 5.95 Å². The van der Waals surface area contributed by atoms with E-state index >= 15 is 0 Å². The topological polar surface area (TPSA) is 138 Å². The van der Waals surface area contributed by atoms with Gasteiger partial charge in [-0.15, -0.1) is 5.10 Å². The third-order valence-electron chi connectivity index (χ3n) is 3.97. The van der Waals surface area contributed by atoms with Gasteiger partial charge in [-0.25, -0.2) is 13.6 Å². The highest BCUT2D eigenvalue weighted by atomic mass is 19.1. The number of rotatable bonds is 20. The molecule has 0 unspecified atom stereocenters. The molecule has 0 aliphatic heterocycles. The van der Waals surface area contributed by atoms with Gasteiger partial charge in [-0.2, -0.15) is 0 Å². The van der Waals surface area contributed by atoms with Crippen LogP contribution in [0.15, 0.2) is 18.6 Å². The van der Waals surface area contributed by atoms with Crippen molar-refractivity contribution in [3.05, 3.63) is 34.4 Å². The normalized spacial score (nSPS) is 11.3. The van der Waals surface area contributed by atoms with Gasteiger partial charge in [0.2, 0.25) is 0 Å². The van der Waals surface area contributed by atoms with Gasteiger partial charge in [0, 0.05) is 0 Å². The van der Waals surface area contributed by atoms with Gasteiger partial charge in [0.05, 0.1) is 85.4 Å². The zero-order valence-electron chi connectivity index (χ0n) is 17.8. The van der Waals surface area contributed by atoms with Gasteiger partial charge in [-0.3, -0.25) is 0 Å². The second-order valence-corrected chi connectivity index (χ2v) is 6.34. The number of hydrogen-bond acceptors (Lipinski definition) is 10. The van der Waals surface area contributed by atoms with Gasteiger partial charge in [-0.1, -0.05) is 10.2 Å². The van der Waals surface area contributed by atoms with Crippen LogP contribution in [0.5, 0.6) is 0 Å². The molecule has 0 amide bonds. The first kappa shape index (κ1) is 25.7. The summed E-state index contributed by atoms with van der Waals surface area (Å²) in [5.74, 6) is -0.201. The van der Waals surface area contributed by atoms with Crippen LogP contribution >= 0.6 is 0 Å². The van der Waals surface area contributed by atoms with Crippen LogP contribution in [0.1, 0.15) is 5.69 Å². The number of halogens is 1. The Morgan fingerprint density at radius 3 is 2.22 bits per heavy atom. The van der Waals surface area contributed by atoms with Crippen LogP contribution in [0.4, 0.5) is 10.3 Å². The fourth-order valence-electron chi connectivity index (χ4n) is 2.48.